The van der Waals surface area contributed by atoms with E-state index in [2.05, 4.69) is 22.0 Å². The lowest BCUT2D eigenvalue weighted by atomic mass is 10.2. The van der Waals surface area contributed by atoms with Crippen LogP contribution in [0, 0.1) is 11.3 Å². The molecule has 0 fully saturated rings. The summed E-state index contributed by atoms with van der Waals surface area (Å²) < 4.78 is 6.19. The van der Waals surface area contributed by atoms with Gasteiger partial charge >= 0.3 is 0 Å². The van der Waals surface area contributed by atoms with E-state index in [-0.39, 0.29) is 0 Å². The average molecular weight is 291 g/mol. The van der Waals surface area contributed by atoms with Gasteiger partial charge in [0.25, 0.3) is 0 Å². The summed E-state index contributed by atoms with van der Waals surface area (Å²) in [7, 11) is 1.96. The van der Waals surface area contributed by atoms with Crippen molar-refractivity contribution < 1.29 is 4.42 Å². The lowest BCUT2D eigenvalue weighted by Gasteiger charge is -2.18. The van der Waals surface area contributed by atoms with Crippen molar-refractivity contribution in [1.29, 1.82) is 5.26 Å². The molecule has 0 aliphatic carbocycles. The van der Waals surface area contributed by atoms with E-state index in [0.29, 0.717) is 12.1 Å². The summed E-state index contributed by atoms with van der Waals surface area (Å²) in [4.78, 5) is 2.03. The minimum Gasteiger partial charge on any atom is -0.467 e. The minimum atomic E-state index is 0.640. The predicted molar refractivity (Wildman–Crippen MR) is 69.7 cm³/mol. The van der Waals surface area contributed by atoms with Crippen LogP contribution in [-0.4, -0.2) is 7.05 Å². The number of furan rings is 1. The zero-order valence-electron chi connectivity index (χ0n) is 9.35. The zero-order valence-corrected chi connectivity index (χ0v) is 10.9. The van der Waals surface area contributed by atoms with Crippen LogP contribution < -0.4 is 4.90 Å². The van der Waals surface area contributed by atoms with Gasteiger partial charge in [-0.2, -0.15) is 5.26 Å². The Hall–Kier alpha value is -1.73. The Morgan fingerprint density at radius 2 is 2.24 bits per heavy atom. The van der Waals surface area contributed by atoms with E-state index in [9.17, 15) is 0 Å². The molecule has 1 aromatic heterocycles. The second kappa shape index (κ2) is 5.07. The zero-order chi connectivity index (χ0) is 12.3. The number of nitrogens with zero attached hydrogens (tertiary/aromatic N) is 2. The van der Waals surface area contributed by atoms with Gasteiger partial charge < -0.3 is 9.32 Å². The molecule has 0 atom stereocenters. The fourth-order valence-electron chi connectivity index (χ4n) is 1.59. The molecule has 4 heteroatoms. The third kappa shape index (κ3) is 2.89. The normalized spacial score (nSPS) is 9.94. The van der Waals surface area contributed by atoms with Crippen LogP contribution >= 0.6 is 15.9 Å². The molecule has 3 nitrogen and oxygen atoms in total. The smallest absolute Gasteiger partial charge is 0.123 e. The highest BCUT2D eigenvalue weighted by Crippen LogP contribution is 2.23. The first-order chi connectivity index (χ1) is 8.19. The van der Waals surface area contributed by atoms with E-state index in [1.165, 1.54) is 0 Å². The topological polar surface area (TPSA) is 40.2 Å². The Bertz CT molecular complexity index is 543. The second-order valence-electron chi connectivity index (χ2n) is 3.75. The molecule has 1 heterocycles. The molecule has 0 bridgehead atoms. The Kier molecular flexibility index (Phi) is 3.50. The Morgan fingerprint density at radius 1 is 1.41 bits per heavy atom. The molecule has 0 aliphatic rings. The molecular weight excluding hydrogens is 280 g/mol. The molecule has 2 rings (SSSR count). The van der Waals surface area contributed by atoms with Crippen LogP contribution in [0.25, 0.3) is 0 Å². The van der Waals surface area contributed by atoms with Crippen LogP contribution in [0.2, 0.25) is 0 Å². The first-order valence-electron chi connectivity index (χ1n) is 5.13. The average Bonchev–Trinajstić information content (AvgIpc) is 2.81. The molecule has 17 heavy (non-hydrogen) atoms. The summed E-state index contributed by atoms with van der Waals surface area (Å²) in [5.74, 6) is 0.894. The molecule has 0 aliphatic heterocycles. The summed E-state index contributed by atoms with van der Waals surface area (Å²) in [6, 6.07) is 11.6. The number of anilines is 1. The largest absolute Gasteiger partial charge is 0.467 e. The van der Waals surface area contributed by atoms with Crippen LogP contribution in [0.4, 0.5) is 5.69 Å². The monoisotopic (exact) mass is 290 g/mol. The van der Waals surface area contributed by atoms with Crippen LogP contribution in [0.15, 0.2) is 45.5 Å². The minimum absolute atomic E-state index is 0.640. The van der Waals surface area contributed by atoms with Crippen LogP contribution in [-0.2, 0) is 6.54 Å². The van der Waals surface area contributed by atoms with E-state index >= 15 is 0 Å². The molecule has 0 saturated heterocycles. The van der Waals surface area contributed by atoms with Crippen LogP contribution in [0.5, 0.6) is 0 Å². The van der Waals surface area contributed by atoms with Crippen molar-refractivity contribution in [3.05, 3.63) is 52.4 Å². The number of nitriles is 1. The lowest BCUT2D eigenvalue weighted by Crippen LogP contribution is -2.15. The van der Waals surface area contributed by atoms with Gasteiger partial charge in [0.1, 0.15) is 5.76 Å². The first kappa shape index (κ1) is 11.7. The molecular formula is C13H11BrN2O. The van der Waals surface area contributed by atoms with Gasteiger partial charge in [0.05, 0.1) is 24.4 Å². The third-order valence-electron chi connectivity index (χ3n) is 2.43. The fourth-order valence-corrected chi connectivity index (χ4v) is 2.07. The molecule has 0 saturated carbocycles. The van der Waals surface area contributed by atoms with Gasteiger partial charge in [-0.3, -0.25) is 0 Å². The van der Waals surface area contributed by atoms with Gasteiger partial charge in [-0.1, -0.05) is 15.9 Å². The van der Waals surface area contributed by atoms with Gasteiger partial charge in [-0.15, -0.1) is 0 Å². The maximum absolute atomic E-state index is 8.92. The van der Waals surface area contributed by atoms with E-state index in [4.69, 9.17) is 9.68 Å². The highest BCUT2D eigenvalue weighted by molar-refractivity contribution is 9.10. The SMILES string of the molecule is CN(Cc1ccco1)c1cc(Br)cc(C#N)c1. The maximum atomic E-state index is 8.92. The summed E-state index contributed by atoms with van der Waals surface area (Å²) in [5, 5.41) is 8.92. The van der Waals surface area contributed by atoms with E-state index in [0.717, 1.165) is 15.9 Å². The number of hydrogen-bond acceptors (Lipinski definition) is 3. The van der Waals surface area contributed by atoms with E-state index < -0.39 is 0 Å². The molecule has 0 N–H and O–H groups in total. The van der Waals surface area contributed by atoms with Crippen LogP contribution in [0.3, 0.4) is 0 Å². The van der Waals surface area contributed by atoms with Crippen LogP contribution in [0.1, 0.15) is 11.3 Å². The fraction of sp³-hybridized carbons (Fsp3) is 0.154. The summed E-state index contributed by atoms with van der Waals surface area (Å²) in [6.07, 6.45) is 1.66. The molecule has 2 aromatic rings. The van der Waals surface area contributed by atoms with Crippen molar-refractivity contribution >= 4 is 21.6 Å². The standard InChI is InChI=1S/C13H11BrN2O/c1-16(9-13-3-2-4-17-13)12-6-10(8-15)5-11(14)7-12/h2-7H,9H2,1H3. The summed E-state index contributed by atoms with van der Waals surface area (Å²) >= 11 is 3.40. The maximum Gasteiger partial charge on any atom is 0.123 e. The molecule has 1 aromatic carbocycles. The second-order valence-corrected chi connectivity index (χ2v) is 4.66. The highest BCUT2D eigenvalue weighted by Gasteiger charge is 2.06. The number of halogens is 1. The van der Waals surface area contributed by atoms with Gasteiger partial charge in [-0.05, 0) is 30.3 Å². The third-order valence-corrected chi connectivity index (χ3v) is 2.88. The highest BCUT2D eigenvalue weighted by atomic mass is 79.9. The number of benzene rings is 1. The first-order valence-corrected chi connectivity index (χ1v) is 5.92. The van der Waals surface area contributed by atoms with Gasteiger partial charge in [-0.25, -0.2) is 0 Å². The molecule has 0 radical (unpaired) electrons. The molecule has 0 spiro atoms. The summed E-state index contributed by atoms with van der Waals surface area (Å²) in [6.45, 7) is 0.675. The summed E-state index contributed by atoms with van der Waals surface area (Å²) in [5.41, 5.74) is 1.62. The van der Waals surface area contributed by atoms with E-state index in [1.807, 2.05) is 36.2 Å². The van der Waals surface area contributed by atoms with Gasteiger partial charge in [0.2, 0.25) is 0 Å². The van der Waals surface area contributed by atoms with Crippen molar-refractivity contribution in [2.75, 3.05) is 11.9 Å². The Morgan fingerprint density at radius 3 is 2.88 bits per heavy atom. The van der Waals surface area contributed by atoms with Crippen molar-refractivity contribution in [3.8, 4) is 6.07 Å². The molecule has 86 valence electrons. The number of rotatable bonds is 3. The van der Waals surface area contributed by atoms with Crippen molar-refractivity contribution in [2.45, 2.75) is 6.54 Å². The van der Waals surface area contributed by atoms with Gasteiger partial charge in [0.15, 0.2) is 0 Å². The van der Waals surface area contributed by atoms with Gasteiger partial charge in [0, 0.05) is 17.2 Å². The molecule has 0 amide bonds. The predicted octanol–water partition coefficient (Wildman–Crippen LogP) is 3.55. The van der Waals surface area contributed by atoms with E-state index in [1.54, 1.807) is 12.3 Å². The Labute approximate surface area is 108 Å². The van der Waals surface area contributed by atoms with Crippen molar-refractivity contribution in [1.82, 2.24) is 0 Å². The van der Waals surface area contributed by atoms with Crippen molar-refractivity contribution in [2.24, 2.45) is 0 Å². The number of hydrogen-bond donors (Lipinski definition) is 0. The van der Waals surface area contributed by atoms with Crippen molar-refractivity contribution in [3.63, 3.8) is 0 Å². The lowest BCUT2D eigenvalue weighted by molar-refractivity contribution is 0.507. The Balaban J connectivity index is 2.22. The molecule has 0 unspecified atom stereocenters. The quantitative estimate of drug-likeness (QED) is 0.868.